The summed E-state index contributed by atoms with van der Waals surface area (Å²) in [6.07, 6.45) is 2.77. The van der Waals surface area contributed by atoms with Gasteiger partial charge in [0.25, 0.3) is 5.91 Å². The Hall–Kier alpha value is -2.54. The summed E-state index contributed by atoms with van der Waals surface area (Å²) < 4.78 is 15.7. The lowest BCUT2D eigenvalue weighted by Crippen LogP contribution is -2.16. The van der Waals surface area contributed by atoms with Crippen molar-refractivity contribution in [3.63, 3.8) is 0 Å². The molecule has 0 unspecified atom stereocenters. The molecule has 6 nitrogen and oxygen atoms in total. The van der Waals surface area contributed by atoms with Crippen LogP contribution in [0.5, 0.6) is 11.5 Å². The number of hydrogen-bond donors (Lipinski definition) is 1. The van der Waals surface area contributed by atoms with Gasteiger partial charge in [0.1, 0.15) is 5.00 Å². The van der Waals surface area contributed by atoms with Crippen LogP contribution in [0.4, 0.5) is 5.00 Å². The van der Waals surface area contributed by atoms with E-state index in [1.54, 1.807) is 32.2 Å². The minimum atomic E-state index is -0.378. The summed E-state index contributed by atoms with van der Waals surface area (Å²) in [6, 6.07) is 4.96. The van der Waals surface area contributed by atoms with Gasteiger partial charge in [-0.05, 0) is 55.9 Å². The Morgan fingerprint density at radius 3 is 2.64 bits per heavy atom. The van der Waals surface area contributed by atoms with Crippen LogP contribution in [0.3, 0.4) is 0 Å². The molecule has 1 amide bonds. The van der Waals surface area contributed by atoms with Crippen LogP contribution in [-0.4, -0.2) is 32.7 Å². The third-order valence-corrected chi connectivity index (χ3v) is 6.03. The molecular weight excluding hydrogens is 378 g/mol. The summed E-state index contributed by atoms with van der Waals surface area (Å²) in [6.45, 7) is 4.28. The van der Waals surface area contributed by atoms with E-state index in [0.29, 0.717) is 40.2 Å². The van der Waals surface area contributed by atoms with E-state index in [4.69, 9.17) is 14.2 Å². The predicted molar refractivity (Wildman–Crippen MR) is 109 cm³/mol. The van der Waals surface area contributed by atoms with Gasteiger partial charge in [-0.15, -0.1) is 11.3 Å². The second kappa shape index (κ2) is 8.65. The standard InChI is InChI=1S/C21H25NO5S/c1-5-27-21(24)18-14-8-6-12(2)10-17(14)28-20(18)22-19(23)13-7-9-15(25-3)16(11-13)26-4/h7,9,11-12H,5-6,8,10H2,1-4H3,(H,22,23)/t12-/m1/s1. The Bertz CT molecular complexity index is 889. The first kappa shape index (κ1) is 20.2. The maximum absolute atomic E-state index is 12.8. The van der Waals surface area contributed by atoms with Gasteiger partial charge in [0, 0.05) is 10.4 Å². The minimum absolute atomic E-state index is 0.295. The van der Waals surface area contributed by atoms with E-state index in [0.717, 1.165) is 29.7 Å². The first-order chi connectivity index (χ1) is 13.5. The fourth-order valence-electron chi connectivity index (χ4n) is 3.41. The number of nitrogens with one attached hydrogen (secondary N) is 1. The Balaban J connectivity index is 1.93. The summed E-state index contributed by atoms with van der Waals surface area (Å²) in [5.74, 6) is 0.901. The van der Waals surface area contributed by atoms with E-state index in [2.05, 4.69) is 12.2 Å². The number of esters is 1. The molecule has 2 aromatic rings. The van der Waals surface area contributed by atoms with Gasteiger partial charge >= 0.3 is 5.97 Å². The molecule has 1 atom stereocenters. The van der Waals surface area contributed by atoms with E-state index in [1.807, 2.05) is 0 Å². The number of methoxy groups -OCH3 is 2. The zero-order chi connectivity index (χ0) is 20.3. The highest BCUT2D eigenvalue weighted by Gasteiger charge is 2.29. The minimum Gasteiger partial charge on any atom is -0.493 e. The van der Waals surface area contributed by atoms with Crippen LogP contribution in [0.15, 0.2) is 18.2 Å². The zero-order valence-electron chi connectivity index (χ0n) is 16.6. The number of benzene rings is 1. The van der Waals surface area contributed by atoms with Crippen LogP contribution < -0.4 is 14.8 Å². The van der Waals surface area contributed by atoms with Crippen molar-refractivity contribution in [3.05, 3.63) is 39.8 Å². The lowest BCUT2D eigenvalue weighted by Gasteiger charge is -2.18. The molecule has 0 fully saturated rings. The Morgan fingerprint density at radius 2 is 1.96 bits per heavy atom. The van der Waals surface area contributed by atoms with Crippen molar-refractivity contribution in [1.29, 1.82) is 0 Å². The first-order valence-electron chi connectivity index (χ1n) is 9.33. The normalized spacial score (nSPS) is 15.5. The van der Waals surface area contributed by atoms with Crippen LogP contribution in [0.25, 0.3) is 0 Å². The molecule has 0 saturated heterocycles. The van der Waals surface area contributed by atoms with E-state index < -0.39 is 0 Å². The van der Waals surface area contributed by atoms with Gasteiger partial charge < -0.3 is 19.5 Å². The number of rotatable bonds is 6. The maximum Gasteiger partial charge on any atom is 0.341 e. The highest BCUT2D eigenvalue weighted by molar-refractivity contribution is 7.17. The molecular formula is C21H25NO5S. The van der Waals surface area contributed by atoms with Gasteiger partial charge in [0.2, 0.25) is 0 Å². The lowest BCUT2D eigenvalue weighted by molar-refractivity contribution is 0.0526. The van der Waals surface area contributed by atoms with Gasteiger partial charge in [0.05, 0.1) is 26.4 Å². The maximum atomic E-state index is 12.8. The van der Waals surface area contributed by atoms with Gasteiger partial charge in [-0.1, -0.05) is 6.92 Å². The molecule has 1 heterocycles. The van der Waals surface area contributed by atoms with Crippen molar-refractivity contribution < 1.29 is 23.8 Å². The second-order valence-electron chi connectivity index (χ2n) is 6.80. The molecule has 1 aliphatic carbocycles. The zero-order valence-corrected chi connectivity index (χ0v) is 17.4. The average molecular weight is 404 g/mol. The van der Waals surface area contributed by atoms with E-state index in [9.17, 15) is 9.59 Å². The van der Waals surface area contributed by atoms with Gasteiger partial charge in [-0.3, -0.25) is 4.79 Å². The molecule has 28 heavy (non-hydrogen) atoms. The quantitative estimate of drug-likeness (QED) is 0.727. The van der Waals surface area contributed by atoms with Crippen molar-refractivity contribution in [3.8, 4) is 11.5 Å². The summed E-state index contributed by atoms with van der Waals surface area (Å²) in [5, 5.41) is 3.46. The number of ether oxygens (including phenoxy) is 3. The van der Waals surface area contributed by atoms with Crippen molar-refractivity contribution >= 4 is 28.2 Å². The molecule has 1 N–H and O–H groups in total. The smallest absolute Gasteiger partial charge is 0.341 e. The molecule has 0 saturated carbocycles. The summed E-state index contributed by atoms with van der Waals surface area (Å²) >= 11 is 1.47. The number of fused-ring (bicyclic) bond motifs is 1. The Morgan fingerprint density at radius 1 is 1.21 bits per heavy atom. The number of thiophene rings is 1. The van der Waals surface area contributed by atoms with Gasteiger partial charge in [0.15, 0.2) is 11.5 Å². The third-order valence-electron chi connectivity index (χ3n) is 4.86. The summed E-state index contributed by atoms with van der Waals surface area (Å²) in [7, 11) is 3.06. The summed E-state index contributed by atoms with van der Waals surface area (Å²) in [4.78, 5) is 26.6. The largest absolute Gasteiger partial charge is 0.493 e. The van der Waals surface area contributed by atoms with Gasteiger partial charge in [-0.25, -0.2) is 4.79 Å². The monoisotopic (exact) mass is 403 g/mol. The highest BCUT2D eigenvalue weighted by Crippen LogP contribution is 2.40. The van der Waals surface area contributed by atoms with Crippen LogP contribution >= 0.6 is 11.3 Å². The van der Waals surface area contributed by atoms with Crippen LogP contribution in [0.2, 0.25) is 0 Å². The van der Waals surface area contributed by atoms with E-state index >= 15 is 0 Å². The predicted octanol–water partition coefficient (Wildman–Crippen LogP) is 4.32. The molecule has 1 aliphatic rings. The van der Waals surface area contributed by atoms with Crippen LogP contribution in [-0.2, 0) is 17.6 Å². The van der Waals surface area contributed by atoms with E-state index in [1.165, 1.54) is 18.4 Å². The average Bonchev–Trinajstić information content (AvgIpc) is 3.04. The van der Waals surface area contributed by atoms with Gasteiger partial charge in [-0.2, -0.15) is 0 Å². The number of amides is 1. The molecule has 0 bridgehead atoms. The topological polar surface area (TPSA) is 73.9 Å². The van der Waals surface area contributed by atoms with Crippen molar-refractivity contribution in [2.24, 2.45) is 5.92 Å². The fourth-order valence-corrected chi connectivity index (χ4v) is 4.80. The number of carbonyl (C=O) groups is 2. The highest BCUT2D eigenvalue weighted by atomic mass is 32.1. The SMILES string of the molecule is CCOC(=O)c1c(NC(=O)c2ccc(OC)c(OC)c2)sc2c1CC[C@@H](C)C2. The number of anilines is 1. The molecule has 0 radical (unpaired) electrons. The third kappa shape index (κ3) is 3.99. The Labute approximate surface area is 168 Å². The van der Waals surface area contributed by atoms with Crippen molar-refractivity contribution in [2.45, 2.75) is 33.1 Å². The molecule has 0 spiro atoms. The first-order valence-corrected chi connectivity index (χ1v) is 10.1. The number of hydrogen-bond acceptors (Lipinski definition) is 6. The molecule has 0 aliphatic heterocycles. The van der Waals surface area contributed by atoms with Crippen molar-refractivity contribution in [1.82, 2.24) is 0 Å². The van der Waals surface area contributed by atoms with Crippen LogP contribution in [0.1, 0.15) is 51.4 Å². The molecule has 150 valence electrons. The van der Waals surface area contributed by atoms with Crippen molar-refractivity contribution in [2.75, 3.05) is 26.1 Å². The molecule has 3 rings (SSSR count). The van der Waals surface area contributed by atoms with Crippen LogP contribution in [0, 0.1) is 5.92 Å². The lowest BCUT2D eigenvalue weighted by atomic mass is 9.88. The summed E-state index contributed by atoms with van der Waals surface area (Å²) in [5.41, 5.74) is 1.94. The second-order valence-corrected chi connectivity index (χ2v) is 7.91. The molecule has 1 aromatic carbocycles. The number of carbonyl (C=O) groups excluding carboxylic acids is 2. The van der Waals surface area contributed by atoms with E-state index in [-0.39, 0.29) is 11.9 Å². The Kier molecular flexibility index (Phi) is 6.24. The molecule has 7 heteroatoms. The fraction of sp³-hybridized carbons (Fsp3) is 0.429. The molecule has 1 aromatic heterocycles.